The van der Waals surface area contributed by atoms with Gasteiger partial charge in [0.05, 0.1) is 5.69 Å². The molecule has 19 heavy (non-hydrogen) atoms. The highest BCUT2D eigenvalue weighted by Gasteiger charge is 2.17. The Bertz CT molecular complexity index is 496. The van der Waals surface area contributed by atoms with E-state index >= 15 is 0 Å². The third kappa shape index (κ3) is 3.04. The number of hydrogen-bond acceptors (Lipinski definition) is 3. The summed E-state index contributed by atoms with van der Waals surface area (Å²) >= 11 is 0. The number of piperazine rings is 1. The molecule has 1 aliphatic rings. The summed E-state index contributed by atoms with van der Waals surface area (Å²) in [7, 11) is 4.00. The van der Waals surface area contributed by atoms with Crippen LogP contribution in [0.5, 0.6) is 0 Å². The molecule has 5 nitrogen and oxygen atoms in total. The lowest BCUT2D eigenvalue weighted by Gasteiger charge is -2.31. The van der Waals surface area contributed by atoms with Crippen molar-refractivity contribution in [3.05, 3.63) is 23.0 Å². The average molecular weight is 262 g/mol. The molecule has 1 saturated heterocycles. The van der Waals surface area contributed by atoms with Gasteiger partial charge in [-0.3, -0.25) is 9.48 Å². The zero-order valence-corrected chi connectivity index (χ0v) is 12.2. The maximum Gasteiger partial charge on any atom is 0.246 e. The molecule has 0 spiro atoms. The van der Waals surface area contributed by atoms with Crippen LogP contribution >= 0.6 is 0 Å². The van der Waals surface area contributed by atoms with E-state index in [9.17, 15) is 4.79 Å². The largest absolute Gasteiger partial charge is 0.337 e. The predicted molar refractivity (Wildman–Crippen MR) is 75.8 cm³/mol. The van der Waals surface area contributed by atoms with Crippen molar-refractivity contribution in [2.45, 2.75) is 13.8 Å². The number of hydrogen-bond donors (Lipinski definition) is 0. The Labute approximate surface area is 114 Å². The molecule has 1 fully saturated rings. The number of aryl methyl sites for hydroxylation is 2. The zero-order valence-electron chi connectivity index (χ0n) is 12.2. The molecule has 104 valence electrons. The van der Waals surface area contributed by atoms with Crippen LogP contribution < -0.4 is 0 Å². The number of carbonyl (C=O) groups is 1. The summed E-state index contributed by atoms with van der Waals surface area (Å²) in [6, 6.07) is 0. The van der Waals surface area contributed by atoms with Gasteiger partial charge in [-0.05, 0) is 27.0 Å². The van der Waals surface area contributed by atoms with E-state index in [4.69, 9.17) is 0 Å². The van der Waals surface area contributed by atoms with Crippen LogP contribution in [0.1, 0.15) is 17.0 Å². The Morgan fingerprint density at radius 1 is 1.16 bits per heavy atom. The molecule has 1 aromatic heterocycles. The smallest absolute Gasteiger partial charge is 0.246 e. The van der Waals surface area contributed by atoms with Crippen molar-refractivity contribution in [1.29, 1.82) is 0 Å². The van der Waals surface area contributed by atoms with E-state index in [0.29, 0.717) is 0 Å². The Kier molecular flexibility index (Phi) is 4.04. The van der Waals surface area contributed by atoms with Gasteiger partial charge >= 0.3 is 0 Å². The van der Waals surface area contributed by atoms with Crippen molar-refractivity contribution in [2.75, 3.05) is 33.2 Å². The fourth-order valence-corrected chi connectivity index (χ4v) is 2.32. The minimum atomic E-state index is 0.0933. The molecule has 0 aromatic carbocycles. The standard InChI is InChI=1S/C14H22N4O/c1-11-13(12(2)17(4)15-11)5-6-14(19)18-9-7-16(3)8-10-18/h5-6H,7-10H2,1-4H3/b6-5-. The molecule has 0 aliphatic carbocycles. The van der Waals surface area contributed by atoms with E-state index in [-0.39, 0.29) is 5.91 Å². The van der Waals surface area contributed by atoms with Crippen LogP contribution in [0.15, 0.2) is 6.08 Å². The van der Waals surface area contributed by atoms with Gasteiger partial charge in [0.25, 0.3) is 0 Å². The fraction of sp³-hybridized carbons (Fsp3) is 0.571. The summed E-state index contributed by atoms with van der Waals surface area (Å²) < 4.78 is 1.84. The molecule has 0 bridgehead atoms. The SMILES string of the molecule is Cc1nn(C)c(C)c1/C=C\C(=O)N1CCN(C)CC1. The van der Waals surface area contributed by atoms with E-state index in [1.54, 1.807) is 6.08 Å². The van der Waals surface area contributed by atoms with Gasteiger partial charge in [0.2, 0.25) is 5.91 Å². The van der Waals surface area contributed by atoms with Crippen LogP contribution in [0.4, 0.5) is 0 Å². The minimum Gasteiger partial charge on any atom is -0.337 e. The molecule has 1 amide bonds. The van der Waals surface area contributed by atoms with E-state index in [2.05, 4.69) is 17.0 Å². The number of likely N-dealkylation sites (N-methyl/N-ethyl adjacent to an activating group) is 1. The summed E-state index contributed by atoms with van der Waals surface area (Å²) in [6.45, 7) is 7.50. The van der Waals surface area contributed by atoms with Gasteiger partial charge in [-0.25, -0.2) is 0 Å². The lowest BCUT2D eigenvalue weighted by molar-refractivity contribution is -0.127. The maximum atomic E-state index is 12.1. The van der Waals surface area contributed by atoms with Gasteiger partial charge in [0.1, 0.15) is 0 Å². The van der Waals surface area contributed by atoms with Crippen LogP contribution in [-0.2, 0) is 11.8 Å². The highest BCUT2D eigenvalue weighted by atomic mass is 16.2. The van der Waals surface area contributed by atoms with Gasteiger partial charge in [0.15, 0.2) is 0 Å². The topological polar surface area (TPSA) is 41.4 Å². The number of nitrogens with zero attached hydrogens (tertiary/aromatic N) is 4. The van der Waals surface area contributed by atoms with Crippen LogP contribution in [0.3, 0.4) is 0 Å². The van der Waals surface area contributed by atoms with E-state index in [0.717, 1.165) is 43.1 Å². The highest BCUT2D eigenvalue weighted by molar-refractivity contribution is 5.92. The Morgan fingerprint density at radius 2 is 1.79 bits per heavy atom. The number of carbonyl (C=O) groups excluding carboxylic acids is 1. The number of rotatable bonds is 2. The summed E-state index contributed by atoms with van der Waals surface area (Å²) in [4.78, 5) is 16.2. The Hall–Kier alpha value is -1.62. The van der Waals surface area contributed by atoms with Crippen LogP contribution in [0, 0.1) is 13.8 Å². The first-order chi connectivity index (χ1) is 8.99. The number of aromatic nitrogens is 2. The van der Waals surface area contributed by atoms with Crippen LogP contribution in [0.25, 0.3) is 6.08 Å². The monoisotopic (exact) mass is 262 g/mol. The van der Waals surface area contributed by atoms with Crippen molar-refractivity contribution < 1.29 is 4.79 Å². The van der Waals surface area contributed by atoms with E-state index < -0.39 is 0 Å². The normalized spacial score (nSPS) is 17.4. The lowest BCUT2D eigenvalue weighted by Crippen LogP contribution is -2.46. The predicted octanol–water partition coefficient (Wildman–Crippen LogP) is 0.824. The van der Waals surface area contributed by atoms with Crippen molar-refractivity contribution in [2.24, 2.45) is 7.05 Å². The van der Waals surface area contributed by atoms with E-state index in [1.165, 1.54) is 0 Å². The molecular weight excluding hydrogens is 240 g/mol. The van der Waals surface area contributed by atoms with Crippen LogP contribution in [0.2, 0.25) is 0 Å². The van der Waals surface area contributed by atoms with Gasteiger partial charge in [-0.2, -0.15) is 5.10 Å². The van der Waals surface area contributed by atoms with Crippen molar-refractivity contribution in [3.8, 4) is 0 Å². The molecule has 0 N–H and O–H groups in total. The first kappa shape index (κ1) is 13.8. The van der Waals surface area contributed by atoms with Gasteiger partial charge in [-0.1, -0.05) is 0 Å². The molecule has 5 heteroatoms. The quantitative estimate of drug-likeness (QED) is 0.741. The molecule has 2 heterocycles. The highest BCUT2D eigenvalue weighted by Crippen LogP contribution is 2.14. The molecule has 0 unspecified atom stereocenters. The average Bonchev–Trinajstić information content (AvgIpc) is 2.62. The van der Waals surface area contributed by atoms with E-state index in [1.807, 2.05) is 36.6 Å². The van der Waals surface area contributed by atoms with Gasteiger partial charge in [-0.15, -0.1) is 0 Å². The minimum absolute atomic E-state index is 0.0933. The third-order valence-corrected chi connectivity index (χ3v) is 3.77. The Morgan fingerprint density at radius 3 is 2.32 bits per heavy atom. The van der Waals surface area contributed by atoms with Gasteiger partial charge in [0, 0.05) is 50.6 Å². The Balaban J connectivity index is 2.04. The molecule has 1 aromatic rings. The second-order valence-electron chi connectivity index (χ2n) is 5.17. The first-order valence-corrected chi connectivity index (χ1v) is 6.64. The lowest BCUT2D eigenvalue weighted by atomic mass is 10.2. The number of amides is 1. The van der Waals surface area contributed by atoms with Crippen LogP contribution in [-0.4, -0.2) is 58.7 Å². The van der Waals surface area contributed by atoms with Crippen molar-refractivity contribution in [3.63, 3.8) is 0 Å². The third-order valence-electron chi connectivity index (χ3n) is 3.77. The summed E-state index contributed by atoms with van der Waals surface area (Å²) in [6.07, 6.45) is 3.56. The second-order valence-corrected chi connectivity index (χ2v) is 5.17. The molecule has 0 saturated carbocycles. The molecule has 2 rings (SSSR count). The zero-order chi connectivity index (χ0) is 14.0. The molecule has 0 atom stereocenters. The molecular formula is C14H22N4O. The first-order valence-electron chi connectivity index (χ1n) is 6.64. The summed E-state index contributed by atoms with van der Waals surface area (Å²) in [5.74, 6) is 0.0933. The van der Waals surface area contributed by atoms with Crippen molar-refractivity contribution in [1.82, 2.24) is 19.6 Å². The summed E-state index contributed by atoms with van der Waals surface area (Å²) in [5.41, 5.74) is 3.09. The molecule has 0 radical (unpaired) electrons. The molecule has 1 aliphatic heterocycles. The maximum absolute atomic E-state index is 12.1. The van der Waals surface area contributed by atoms with Crippen molar-refractivity contribution >= 4 is 12.0 Å². The fourth-order valence-electron chi connectivity index (χ4n) is 2.32. The summed E-state index contributed by atoms with van der Waals surface area (Å²) in [5, 5.41) is 4.34. The van der Waals surface area contributed by atoms with Gasteiger partial charge < -0.3 is 9.80 Å². The second kappa shape index (κ2) is 5.57.